The molecule has 4 N–H and O–H groups in total. The van der Waals surface area contributed by atoms with E-state index in [2.05, 4.69) is 10.1 Å². The summed E-state index contributed by atoms with van der Waals surface area (Å²) in [5.41, 5.74) is -1.08. The number of carboxylic acids is 1. The van der Waals surface area contributed by atoms with Gasteiger partial charge in [-0.15, -0.1) is 0 Å². The van der Waals surface area contributed by atoms with Gasteiger partial charge in [0.25, 0.3) is 0 Å². The quantitative estimate of drug-likeness (QED) is 0.400. The van der Waals surface area contributed by atoms with Crippen LogP contribution in [0.4, 0.5) is 0 Å². The van der Waals surface area contributed by atoms with Gasteiger partial charge in [0.15, 0.2) is 0 Å². The third-order valence-corrected chi connectivity index (χ3v) is 2.15. The lowest BCUT2D eigenvalue weighted by Gasteiger charge is -2.29. The van der Waals surface area contributed by atoms with E-state index < -0.39 is 43.8 Å². The highest BCUT2D eigenvalue weighted by atomic mass is 16.5. The van der Waals surface area contributed by atoms with Crippen molar-refractivity contribution in [2.24, 2.45) is 0 Å². The van der Waals surface area contributed by atoms with Gasteiger partial charge in [0, 0.05) is 0 Å². The minimum absolute atomic E-state index is 0.352. The number of hydrogen-bond acceptors (Lipinski definition) is 5. The molecule has 0 radical (unpaired) electrons. The largest absolute Gasteiger partial charge is 0.480 e. The van der Waals surface area contributed by atoms with E-state index >= 15 is 0 Å². The lowest BCUT2D eigenvalue weighted by atomic mass is 9.98. The Morgan fingerprint density at radius 2 is 1.81 bits per heavy atom. The van der Waals surface area contributed by atoms with E-state index in [0.717, 1.165) is 0 Å². The van der Waals surface area contributed by atoms with Gasteiger partial charge in [0.1, 0.15) is 13.2 Å². The number of carbonyl (C=O) groups is 2. The topological polar surface area (TPSA) is 116 Å². The number of aliphatic hydroxyl groups excluding tert-OH is 2. The van der Waals surface area contributed by atoms with Crippen molar-refractivity contribution < 1.29 is 29.6 Å². The Kier molecular flexibility index (Phi) is 6.63. The zero-order valence-corrected chi connectivity index (χ0v) is 9.10. The fourth-order valence-corrected chi connectivity index (χ4v) is 1.00. The summed E-state index contributed by atoms with van der Waals surface area (Å²) >= 11 is 0. The highest BCUT2D eigenvalue weighted by molar-refractivity contribution is 5.78. The molecule has 0 aromatic heterocycles. The maximum absolute atomic E-state index is 11.3. The first-order valence-corrected chi connectivity index (χ1v) is 4.82. The molecule has 0 aromatic rings. The molecule has 0 aliphatic carbocycles. The van der Waals surface area contributed by atoms with Gasteiger partial charge in [-0.3, -0.25) is 4.79 Å². The van der Waals surface area contributed by atoms with E-state index in [1.807, 2.05) is 0 Å². The molecule has 16 heavy (non-hydrogen) atoms. The van der Waals surface area contributed by atoms with Gasteiger partial charge in [0.05, 0.1) is 18.8 Å². The van der Waals surface area contributed by atoms with Gasteiger partial charge < -0.3 is 25.4 Å². The molecule has 0 rings (SSSR count). The highest BCUT2D eigenvalue weighted by Crippen LogP contribution is 2.07. The van der Waals surface area contributed by atoms with Crippen molar-refractivity contribution in [1.82, 2.24) is 5.32 Å². The SMILES string of the molecule is CCC(CO)(CO)NC(=O)COCC(=O)O. The van der Waals surface area contributed by atoms with Crippen molar-refractivity contribution in [3.63, 3.8) is 0 Å². The van der Waals surface area contributed by atoms with E-state index in [-0.39, 0.29) is 0 Å². The van der Waals surface area contributed by atoms with E-state index in [9.17, 15) is 9.59 Å². The Morgan fingerprint density at radius 3 is 2.19 bits per heavy atom. The number of carbonyl (C=O) groups excluding carboxylic acids is 1. The van der Waals surface area contributed by atoms with E-state index in [1.54, 1.807) is 6.92 Å². The monoisotopic (exact) mass is 235 g/mol. The Labute approximate surface area is 93.0 Å². The van der Waals surface area contributed by atoms with Crippen LogP contribution in [0.5, 0.6) is 0 Å². The highest BCUT2D eigenvalue weighted by Gasteiger charge is 2.28. The molecule has 0 unspecified atom stereocenters. The normalized spacial score (nSPS) is 11.2. The average molecular weight is 235 g/mol. The van der Waals surface area contributed by atoms with E-state index in [4.69, 9.17) is 15.3 Å². The van der Waals surface area contributed by atoms with Crippen molar-refractivity contribution >= 4 is 11.9 Å². The summed E-state index contributed by atoms with van der Waals surface area (Å²) in [6.45, 7) is -0.0843. The maximum Gasteiger partial charge on any atom is 0.329 e. The zero-order valence-electron chi connectivity index (χ0n) is 9.10. The summed E-state index contributed by atoms with van der Waals surface area (Å²) in [6.07, 6.45) is 0.352. The molecule has 0 aliphatic heterocycles. The molecule has 0 heterocycles. The lowest BCUT2D eigenvalue weighted by Crippen LogP contribution is -2.54. The number of amides is 1. The average Bonchev–Trinajstić information content (AvgIpc) is 2.25. The standard InChI is InChI=1S/C9H17NO6/c1-2-9(5-11,6-12)10-7(13)3-16-4-8(14)15/h11-12H,2-6H2,1H3,(H,10,13)(H,14,15). The van der Waals surface area contributed by atoms with Crippen molar-refractivity contribution in [3.05, 3.63) is 0 Å². The predicted octanol–water partition coefficient (Wildman–Crippen LogP) is -1.66. The van der Waals surface area contributed by atoms with Crippen LogP contribution < -0.4 is 5.32 Å². The molecule has 0 fully saturated rings. The molecule has 0 atom stereocenters. The van der Waals surface area contributed by atoms with Crippen molar-refractivity contribution in [1.29, 1.82) is 0 Å². The van der Waals surface area contributed by atoms with Crippen LogP contribution in [0, 0.1) is 0 Å². The predicted molar refractivity (Wildman–Crippen MR) is 53.8 cm³/mol. The molecule has 0 aromatic carbocycles. The molecule has 94 valence electrons. The fourth-order valence-electron chi connectivity index (χ4n) is 1.00. The Balaban J connectivity index is 4.05. The molecule has 0 spiro atoms. The Morgan fingerprint density at radius 1 is 1.25 bits per heavy atom. The molecule has 0 aliphatic rings. The Hall–Kier alpha value is -1.18. The summed E-state index contributed by atoms with van der Waals surface area (Å²) in [5, 5.41) is 28.7. The third kappa shape index (κ3) is 5.06. The molecule has 0 saturated carbocycles. The van der Waals surface area contributed by atoms with Gasteiger partial charge in [0.2, 0.25) is 5.91 Å². The van der Waals surface area contributed by atoms with Crippen LogP contribution in [-0.4, -0.2) is 59.2 Å². The first-order valence-electron chi connectivity index (χ1n) is 4.82. The molecule has 7 nitrogen and oxygen atoms in total. The second-order valence-corrected chi connectivity index (χ2v) is 3.38. The smallest absolute Gasteiger partial charge is 0.329 e. The summed E-state index contributed by atoms with van der Waals surface area (Å²) < 4.78 is 4.56. The number of hydrogen-bond donors (Lipinski definition) is 4. The van der Waals surface area contributed by atoms with Crippen LogP contribution >= 0.6 is 0 Å². The number of carboxylic acid groups (broad SMARTS) is 1. The summed E-state index contributed by atoms with van der Waals surface area (Å²) in [4.78, 5) is 21.4. The third-order valence-electron chi connectivity index (χ3n) is 2.15. The van der Waals surface area contributed by atoms with Crippen LogP contribution in [0.1, 0.15) is 13.3 Å². The first-order chi connectivity index (χ1) is 7.49. The van der Waals surface area contributed by atoms with Crippen LogP contribution in [0.3, 0.4) is 0 Å². The summed E-state index contributed by atoms with van der Waals surface area (Å²) in [7, 11) is 0. The van der Waals surface area contributed by atoms with Gasteiger partial charge in [-0.2, -0.15) is 0 Å². The molecular formula is C9H17NO6. The number of ether oxygens (including phenoxy) is 1. The van der Waals surface area contributed by atoms with Gasteiger partial charge >= 0.3 is 5.97 Å². The lowest BCUT2D eigenvalue weighted by molar-refractivity contribution is -0.144. The molecule has 0 saturated heterocycles. The second-order valence-electron chi connectivity index (χ2n) is 3.38. The molecule has 7 heteroatoms. The summed E-state index contributed by atoms with van der Waals surface area (Å²) in [6, 6.07) is 0. The summed E-state index contributed by atoms with van der Waals surface area (Å²) in [5.74, 6) is -1.75. The first kappa shape index (κ1) is 14.8. The number of aliphatic carboxylic acids is 1. The number of rotatable bonds is 8. The van der Waals surface area contributed by atoms with E-state index in [0.29, 0.717) is 6.42 Å². The van der Waals surface area contributed by atoms with Crippen LogP contribution in [0.25, 0.3) is 0 Å². The van der Waals surface area contributed by atoms with Crippen molar-refractivity contribution in [2.75, 3.05) is 26.4 Å². The van der Waals surface area contributed by atoms with Crippen molar-refractivity contribution in [2.45, 2.75) is 18.9 Å². The fraction of sp³-hybridized carbons (Fsp3) is 0.778. The minimum atomic E-state index is -1.17. The molecule has 0 bridgehead atoms. The van der Waals surface area contributed by atoms with Gasteiger partial charge in [-0.25, -0.2) is 4.79 Å². The van der Waals surface area contributed by atoms with Gasteiger partial charge in [-0.05, 0) is 6.42 Å². The van der Waals surface area contributed by atoms with Crippen LogP contribution in [0.2, 0.25) is 0 Å². The molecule has 1 amide bonds. The minimum Gasteiger partial charge on any atom is -0.480 e. The number of aliphatic hydroxyl groups is 2. The van der Waals surface area contributed by atoms with Crippen molar-refractivity contribution in [3.8, 4) is 0 Å². The second kappa shape index (κ2) is 7.15. The van der Waals surface area contributed by atoms with Crippen LogP contribution in [0.15, 0.2) is 0 Å². The molecular weight excluding hydrogens is 218 g/mol. The number of nitrogens with one attached hydrogen (secondary N) is 1. The van der Waals surface area contributed by atoms with E-state index in [1.165, 1.54) is 0 Å². The zero-order chi connectivity index (χ0) is 12.6. The maximum atomic E-state index is 11.3. The Bertz CT molecular complexity index is 230. The van der Waals surface area contributed by atoms with Gasteiger partial charge in [-0.1, -0.05) is 6.92 Å². The van der Waals surface area contributed by atoms with Crippen LogP contribution in [-0.2, 0) is 14.3 Å².